The molecule has 3 nitrogen and oxygen atoms in total. The molecule has 1 heterocycles. The normalized spacial score (nSPS) is 15.9. The molecule has 0 radical (unpaired) electrons. The second-order valence-electron chi connectivity index (χ2n) is 4.77. The van der Waals surface area contributed by atoms with E-state index in [1.807, 2.05) is 25.1 Å². The van der Waals surface area contributed by atoms with E-state index >= 15 is 0 Å². The maximum atomic E-state index is 12.2. The molecule has 0 bridgehead atoms. The molecule has 0 saturated carbocycles. The summed E-state index contributed by atoms with van der Waals surface area (Å²) in [6.07, 6.45) is 2.83. The maximum Gasteiger partial charge on any atom is 0.165 e. The molecule has 0 saturated heterocycles. The minimum atomic E-state index is 0.0692. The number of hydrogen-bond donors (Lipinski definition) is 0. The van der Waals surface area contributed by atoms with Crippen LogP contribution in [0, 0.1) is 5.92 Å². The summed E-state index contributed by atoms with van der Waals surface area (Å²) in [6, 6.07) is 5.49. The number of ether oxygens (including phenoxy) is 2. The Labute approximate surface area is 108 Å². The molecule has 18 heavy (non-hydrogen) atoms. The van der Waals surface area contributed by atoms with Crippen molar-refractivity contribution in [3.63, 3.8) is 0 Å². The Kier molecular flexibility index (Phi) is 4.24. The van der Waals surface area contributed by atoms with Crippen molar-refractivity contribution in [2.24, 2.45) is 5.92 Å². The highest BCUT2D eigenvalue weighted by molar-refractivity contribution is 5.98. The summed E-state index contributed by atoms with van der Waals surface area (Å²) in [5.41, 5.74) is 0.722. The van der Waals surface area contributed by atoms with Crippen molar-refractivity contribution in [2.75, 3.05) is 13.2 Å². The SMILES string of the molecule is CCCC(C)C(=O)c1ccc2c(c1)OCCCO2. The molecule has 1 aliphatic heterocycles. The lowest BCUT2D eigenvalue weighted by Crippen LogP contribution is -2.11. The van der Waals surface area contributed by atoms with Gasteiger partial charge in [0.15, 0.2) is 17.3 Å². The van der Waals surface area contributed by atoms with E-state index in [0.717, 1.165) is 30.6 Å². The van der Waals surface area contributed by atoms with Crippen LogP contribution in [0.25, 0.3) is 0 Å². The van der Waals surface area contributed by atoms with Gasteiger partial charge in [0, 0.05) is 17.9 Å². The Morgan fingerprint density at radius 3 is 2.72 bits per heavy atom. The monoisotopic (exact) mass is 248 g/mol. The van der Waals surface area contributed by atoms with E-state index in [2.05, 4.69) is 6.92 Å². The van der Waals surface area contributed by atoms with Crippen molar-refractivity contribution >= 4 is 5.78 Å². The molecule has 0 fully saturated rings. The highest BCUT2D eigenvalue weighted by Crippen LogP contribution is 2.31. The van der Waals surface area contributed by atoms with Crippen LogP contribution in [-0.2, 0) is 0 Å². The van der Waals surface area contributed by atoms with Crippen molar-refractivity contribution in [1.29, 1.82) is 0 Å². The standard InChI is InChI=1S/C15H20O3/c1-3-5-11(2)15(16)12-6-7-13-14(10-12)18-9-4-8-17-13/h6-7,10-11H,3-5,8-9H2,1-2H3. The minimum Gasteiger partial charge on any atom is -0.490 e. The molecule has 0 aromatic heterocycles. The molecule has 0 N–H and O–H groups in total. The fourth-order valence-corrected chi connectivity index (χ4v) is 2.17. The molecule has 98 valence electrons. The Morgan fingerprint density at radius 1 is 1.28 bits per heavy atom. The topological polar surface area (TPSA) is 35.5 Å². The summed E-state index contributed by atoms with van der Waals surface area (Å²) >= 11 is 0. The third-order valence-electron chi connectivity index (χ3n) is 3.20. The molecule has 3 heteroatoms. The predicted octanol–water partition coefficient (Wildman–Crippen LogP) is 3.47. The van der Waals surface area contributed by atoms with Crippen LogP contribution >= 0.6 is 0 Å². The van der Waals surface area contributed by atoms with Gasteiger partial charge in [-0.1, -0.05) is 20.3 Å². The first-order valence-electron chi connectivity index (χ1n) is 6.66. The summed E-state index contributed by atoms with van der Waals surface area (Å²) in [4.78, 5) is 12.2. The number of Topliss-reactive ketones (excluding diaryl/α,β-unsaturated/α-hetero) is 1. The summed E-state index contributed by atoms with van der Waals surface area (Å²) in [5.74, 6) is 1.70. The number of carbonyl (C=O) groups is 1. The number of ketones is 1. The first kappa shape index (κ1) is 12.9. The molecule has 1 aliphatic rings. The Bertz CT molecular complexity index is 426. The Balaban J connectivity index is 2.19. The smallest absolute Gasteiger partial charge is 0.165 e. The minimum absolute atomic E-state index is 0.0692. The van der Waals surface area contributed by atoms with Gasteiger partial charge in [0.1, 0.15) is 0 Å². The second kappa shape index (κ2) is 5.89. The highest BCUT2D eigenvalue weighted by atomic mass is 16.5. The molecular weight excluding hydrogens is 228 g/mol. The van der Waals surface area contributed by atoms with Gasteiger partial charge in [-0.2, -0.15) is 0 Å². The van der Waals surface area contributed by atoms with Gasteiger partial charge in [-0.05, 0) is 24.6 Å². The van der Waals surface area contributed by atoms with Crippen molar-refractivity contribution in [3.8, 4) is 11.5 Å². The number of fused-ring (bicyclic) bond motifs is 1. The number of hydrogen-bond acceptors (Lipinski definition) is 3. The summed E-state index contributed by atoms with van der Waals surface area (Å²) < 4.78 is 11.2. The lowest BCUT2D eigenvalue weighted by molar-refractivity contribution is 0.0923. The van der Waals surface area contributed by atoms with Crippen molar-refractivity contribution in [1.82, 2.24) is 0 Å². The first-order valence-corrected chi connectivity index (χ1v) is 6.66. The van der Waals surface area contributed by atoms with Crippen LogP contribution in [0.4, 0.5) is 0 Å². The molecule has 1 unspecified atom stereocenters. The van der Waals surface area contributed by atoms with Crippen LogP contribution in [0.1, 0.15) is 43.5 Å². The van der Waals surface area contributed by atoms with Gasteiger partial charge < -0.3 is 9.47 Å². The molecule has 0 aliphatic carbocycles. The van der Waals surface area contributed by atoms with E-state index in [0.29, 0.717) is 19.0 Å². The van der Waals surface area contributed by atoms with Crippen molar-refractivity contribution in [2.45, 2.75) is 33.1 Å². The van der Waals surface area contributed by atoms with Crippen molar-refractivity contribution < 1.29 is 14.3 Å². The lowest BCUT2D eigenvalue weighted by atomic mass is 9.95. The quantitative estimate of drug-likeness (QED) is 0.765. The van der Waals surface area contributed by atoms with Crippen LogP contribution in [0.15, 0.2) is 18.2 Å². The zero-order chi connectivity index (χ0) is 13.0. The zero-order valence-electron chi connectivity index (χ0n) is 11.1. The Morgan fingerprint density at radius 2 is 2.00 bits per heavy atom. The number of carbonyl (C=O) groups excluding carboxylic acids is 1. The lowest BCUT2D eigenvalue weighted by Gasteiger charge is -2.12. The Hall–Kier alpha value is -1.51. The molecule has 0 spiro atoms. The number of benzene rings is 1. The second-order valence-corrected chi connectivity index (χ2v) is 4.77. The van der Waals surface area contributed by atoms with Gasteiger partial charge in [-0.25, -0.2) is 0 Å². The van der Waals surface area contributed by atoms with E-state index in [9.17, 15) is 4.79 Å². The van der Waals surface area contributed by atoms with Crippen LogP contribution in [0.5, 0.6) is 11.5 Å². The van der Waals surface area contributed by atoms with Crippen LogP contribution in [-0.4, -0.2) is 19.0 Å². The van der Waals surface area contributed by atoms with Crippen LogP contribution in [0.2, 0.25) is 0 Å². The third-order valence-corrected chi connectivity index (χ3v) is 3.20. The van der Waals surface area contributed by atoms with E-state index in [1.165, 1.54) is 0 Å². The first-order chi connectivity index (χ1) is 8.72. The van der Waals surface area contributed by atoms with Gasteiger partial charge in [0.05, 0.1) is 13.2 Å². The summed E-state index contributed by atoms with van der Waals surface area (Å²) in [5, 5.41) is 0. The predicted molar refractivity (Wildman–Crippen MR) is 70.5 cm³/mol. The maximum absolute atomic E-state index is 12.2. The van der Waals surface area contributed by atoms with Gasteiger partial charge >= 0.3 is 0 Å². The average molecular weight is 248 g/mol. The molecular formula is C15H20O3. The van der Waals surface area contributed by atoms with Crippen LogP contribution < -0.4 is 9.47 Å². The van der Waals surface area contributed by atoms with E-state index in [-0.39, 0.29) is 11.7 Å². The molecule has 1 aromatic rings. The highest BCUT2D eigenvalue weighted by Gasteiger charge is 2.17. The molecule has 1 aromatic carbocycles. The van der Waals surface area contributed by atoms with Gasteiger partial charge in [-0.15, -0.1) is 0 Å². The third kappa shape index (κ3) is 2.84. The van der Waals surface area contributed by atoms with Gasteiger partial charge in [-0.3, -0.25) is 4.79 Å². The van der Waals surface area contributed by atoms with E-state index < -0.39 is 0 Å². The van der Waals surface area contributed by atoms with E-state index in [4.69, 9.17) is 9.47 Å². The number of rotatable bonds is 4. The zero-order valence-corrected chi connectivity index (χ0v) is 11.1. The summed E-state index contributed by atoms with van der Waals surface area (Å²) in [6.45, 7) is 5.40. The van der Waals surface area contributed by atoms with Gasteiger partial charge in [0.25, 0.3) is 0 Å². The average Bonchev–Trinajstić information content (AvgIpc) is 2.62. The van der Waals surface area contributed by atoms with Crippen LogP contribution in [0.3, 0.4) is 0 Å². The molecule has 2 rings (SSSR count). The fourth-order valence-electron chi connectivity index (χ4n) is 2.17. The fraction of sp³-hybridized carbons (Fsp3) is 0.533. The van der Waals surface area contributed by atoms with Gasteiger partial charge in [0.2, 0.25) is 0 Å². The largest absolute Gasteiger partial charge is 0.490 e. The molecule has 1 atom stereocenters. The summed E-state index contributed by atoms with van der Waals surface area (Å²) in [7, 11) is 0. The van der Waals surface area contributed by atoms with E-state index in [1.54, 1.807) is 0 Å². The molecule has 0 amide bonds. The van der Waals surface area contributed by atoms with Crippen molar-refractivity contribution in [3.05, 3.63) is 23.8 Å².